The molecule has 0 aliphatic carbocycles. The van der Waals surface area contributed by atoms with Crippen LogP contribution in [0, 0.1) is 28.4 Å². The number of nitriles is 1. The van der Waals surface area contributed by atoms with Crippen molar-refractivity contribution in [2.75, 3.05) is 14.2 Å². The Morgan fingerprint density at radius 3 is 2.29 bits per heavy atom. The third-order valence-electron chi connectivity index (χ3n) is 3.51. The Morgan fingerprint density at radius 2 is 1.79 bits per heavy atom. The standard InChI is InChI=1S/C18H16N2O4/c1-12-4-6-13(7-5-12)15(11-19)8-14-9-16(20(21)22)18(24-3)10-17(14)23-2/h4-10H,1-3H3/b15-8+. The fourth-order valence-corrected chi connectivity index (χ4v) is 2.23. The van der Waals surface area contributed by atoms with E-state index in [1.54, 1.807) is 6.08 Å². The van der Waals surface area contributed by atoms with Gasteiger partial charge in [0.05, 0.1) is 30.8 Å². The number of methoxy groups -OCH3 is 2. The summed E-state index contributed by atoms with van der Waals surface area (Å²) in [4.78, 5) is 10.7. The molecule has 2 aromatic carbocycles. The van der Waals surface area contributed by atoms with Gasteiger partial charge in [0.1, 0.15) is 5.75 Å². The van der Waals surface area contributed by atoms with Gasteiger partial charge >= 0.3 is 5.69 Å². The zero-order valence-electron chi connectivity index (χ0n) is 13.6. The van der Waals surface area contributed by atoms with E-state index in [9.17, 15) is 15.4 Å². The van der Waals surface area contributed by atoms with Crippen molar-refractivity contribution in [3.63, 3.8) is 0 Å². The molecule has 0 N–H and O–H groups in total. The minimum Gasteiger partial charge on any atom is -0.496 e. The molecule has 0 unspecified atom stereocenters. The topological polar surface area (TPSA) is 85.4 Å². The van der Waals surface area contributed by atoms with E-state index < -0.39 is 4.92 Å². The molecule has 0 fully saturated rings. The number of benzene rings is 2. The van der Waals surface area contributed by atoms with Crippen molar-refractivity contribution in [2.45, 2.75) is 6.92 Å². The molecule has 122 valence electrons. The molecule has 0 heterocycles. The van der Waals surface area contributed by atoms with Crippen LogP contribution in [0.15, 0.2) is 36.4 Å². The van der Waals surface area contributed by atoms with Gasteiger partial charge in [0, 0.05) is 17.7 Å². The van der Waals surface area contributed by atoms with Crippen LogP contribution in [-0.4, -0.2) is 19.1 Å². The third kappa shape index (κ3) is 3.52. The molecule has 0 aromatic heterocycles. The van der Waals surface area contributed by atoms with Crippen LogP contribution < -0.4 is 9.47 Å². The zero-order chi connectivity index (χ0) is 17.7. The van der Waals surface area contributed by atoms with E-state index in [0.717, 1.165) is 11.1 Å². The monoisotopic (exact) mass is 324 g/mol. The summed E-state index contributed by atoms with van der Waals surface area (Å²) in [5.41, 5.74) is 2.43. The molecule has 0 aliphatic heterocycles. The maximum absolute atomic E-state index is 11.2. The number of ether oxygens (including phenoxy) is 2. The molecule has 0 spiro atoms. The Morgan fingerprint density at radius 1 is 1.17 bits per heavy atom. The van der Waals surface area contributed by atoms with Crippen LogP contribution in [0.5, 0.6) is 11.5 Å². The molecule has 6 heteroatoms. The Kier molecular flexibility index (Phi) is 5.17. The van der Waals surface area contributed by atoms with Crippen molar-refractivity contribution < 1.29 is 14.4 Å². The lowest BCUT2D eigenvalue weighted by molar-refractivity contribution is -0.385. The maximum Gasteiger partial charge on any atom is 0.311 e. The second kappa shape index (κ2) is 7.29. The molecule has 0 amide bonds. The molecular weight excluding hydrogens is 308 g/mol. The Hall–Kier alpha value is -3.33. The number of hydrogen-bond donors (Lipinski definition) is 0. The summed E-state index contributed by atoms with van der Waals surface area (Å²) in [5, 5.41) is 20.6. The first kappa shape index (κ1) is 17.0. The number of aryl methyl sites for hydroxylation is 1. The van der Waals surface area contributed by atoms with E-state index in [-0.39, 0.29) is 11.4 Å². The van der Waals surface area contributed by atoms with Crippen LogP contribution in [0.1, 0.15) is 16.7 Å². The zero-order valence-corrected chi connectivity index (χ0v) is 13.6. The molecule has 6 nitrogen and oxygen atoms in total. The second-order valence-corrected chi connectivity index (χ2v) is 5.06. The quantitative estimate of drug-likeness (QED) is 0.359. The van der Waals surface area contributed by atoms with Gasteiger partial charge in [-0.25, -0.2) is 0 Å². The van der Waals surface area contributed by atoms with Crippen LogP contribution >= 0.6 is 0 Å². The molecule has 2 aromatic rings. The van der Waals surface area contributed by atoms with Crippen LogP contribution in [0.4, 0.5) is 5.69 Å². The maximum atomic E-state index is 11.2. The predicted octanol–water partition coefficient (Wildman–Crippen LogP) is 3.98. The lowest BCUT2D eigenvalue weighted by Gasteiger charge is -2.09. The summed E-state index contributed by atoms with van der Waals surface area (Å²) < 4.78 is 10.3. The van der Waals surface area contributed by atoms with Crippen LogP contribution in [-0.2, 0) is 0 Å². The fourth-order valence-electron chi connectivity index (χ4n) is 2.23. The Bertz CT molecular complexity index is 833. The number of allylic oxidation sites excluding steroid dienone is 1. The minimum atomic E-state index is -0.534. The van der Waals surface area contributed by atoms with Crippen LogP contribution in [0.25, 0.3) is 11.6 Å². The summed E-state index contributed by atoms with van der Waals surface area (Å²) in [7, 11) is 2.81. The lowest BCUT2D eigenvalue weighted by Crippen LogP contribution is -1.97. The predicted molar refractivity (Wildman–Crippen MR) is 90.9 cm³/mol. The Labute approximate surface area is 139 Å². The first-order valence-electron chi connectivity index (χ1n) is 7.09. The smallest absolute Gasteiger partial charge is 0.311 e. The highest BCUT2D eigenvalue weighted by Crippen LogP contribution is 2.36. The summed E-state index contributed by atoms with van der Waals surface area (Å²) in [6, 6.07) is 12.3. The molecule has 0 saturated heterocycles. The van der Waals surface area contributed by atoms with Gasteiger partial charge in [-0.3, -0.25) is 10.1 Å². The minimum absolute atomic E-state index is 0.0999. The summed E-state index contributed by atoms with van der Waals surface area (Å²) in [6.07, 6.45) is 1.57. The van der Waals surface area contributed by atoms with Gasteiger partial charge in [-0.05, 0) is 18.6 Å². The molecule has 2 rings (SSSR count). The van der Waals surface area contributed by atoms with Gasteiger partial charge in [-0.2, -0.15) is 5.26 Å². The van der Waals surface area contributed by atoms with E-state index in [4.69, 9.17) is 9.47 Å². The number of nitro groups is 1. The molecule has 0 saturated carbocycles. The summed E-state index contributed by atoms with van der Waals surface area (Å²) in [6.45, 7) is 1.95. The van der Waals surface area contributed by atoms with Crippen LogP contribution in [0.3, 0.4) is 0 Å². The van der Waals surface area contributed by atoms with E-state index in [1.807, 2.05) is 31.2 Å². The molecular formula is C18H16N2O4. The highest BCUT2D eigenvalue weighted by molar-refractivity contribution is 5.91. The van der Waals surface area contributed by atoms with Crippen molar-refractivity contribution in [3.8, 4) is 17.6 Å². The SMILES string of the molecule is COc1cc(OC)c([N+](=O)[O-])cc1/C=C(\C#N)c1ccc(C)cc1. The number of nitro benzene ring substituents is 1. The number of rotatable bonds is 5. The van der Waals surface area contributed by atoms with Crippen molar-refractivity contribution >= 4 is 17.3 Å². The first-order valence-corrected chi connectivity index (χ1v) is 7.09. The van der Waals surface area contributed by atoms with Crippen molar-refractivity contribution in [3.05, 3.63) is 63.2 Å². The normalized spacial score (nSPS) is 10.8. The molecule has 0 aliphatic rings. The van der Waals surface area contributed by atoms with Crippen molar-refractivity contribution in [1.29, 1.82) is 5.26 Å². The van der Waals surface area contributed by atoms with E-state index in [0.29, 0.717) is 16.9 Å². The summed E-state index contributed by atoms with van der Waals surface area (Å²) in [5.74, 6) is 0.486. The molecule has 0 bridgehead atoms. The van der Waals surface area contributed by atoms with E-state index in [1.165, 1.54) is 26.4 Å². The van der Waals surface area contributed by atoms with Gasteiger partial charge in [-0.1, -0.05) is 29.8 Å². The van der Waals surface area contributed by atoms with Gasteiger partial charge in [0.25, 0.3) is 0 Å². The first-order chi connectivity index (χ1) is 11.5. The van der Waals surface area contributed by atoms with E-state index in [2.05, 4.69) is 6.07 Å². The highest BCUT2D eigenvalue weighted by atomic mass is 16.6. The second-order valence-electron chi connectivity index (χ2n) is 5.06. The average molecular weight is 324 g/mol. The van der Waals surface area contributed by atoms with Crippen LogP contribution in [0.2, 0.25) is 0 Å². The lowest BCUT2D eigenvalue weighted by atomic mass is 10.0. The summed E-state index contributed by atoms with van der Waals surface area (Å²) >= 11 is 0. The van der Waals surface area contributed by atoms with Gasteiger partial charge in [0.2, 0.25) is 5.75 Å². The molecule has 0 radical (unpaired) electrons. The van der Waals surface area contributed by atoms with Gasteiger partial charge < -0.3 is 9.47 Å². The molecule has 24 heavy (non-hydrogen) atoms. The fraction of sp³-hybridized carbons (Fsp3) is 0.167. The molecule has 0 atom stereocenters. The van der Waals surface area contributed by atoms with Gasteiger partial charge in [0.15, 0.2) is 0 Å². The Balaban J connectivity index is 2.61. The third-order valence-corrected chi connectivity index (χ3v) is 3.51. The van der Waals surface area contributed by atoms with Crippen molar-refractivity contribution in [1.82, 2.24) is 0 Å². The van der Waals surface area contributed by atoms with E-state index >= 15 is 0 Å². The average Bonchev–Trinajstić information content (AvgIpc) is 2.59. The highest BCUT2D eigenvalue weighted by Gasteiger charge is 2.19. The number of hydrogen-bond acceptors (Lipinski definition) is 5. The number of nitrogens with zero attached hydrogens (tertiary/aromatic N) is 2. The van der Waals surface area contributed by atoms with Crippen molar-refractivity contribution in [2.24, 2.45) is 0 Å². The largest absolute Gasteiger partial charge is 0.496 e. The van der Waals surface area contributed by atoms with Gasteiger partial charge in [-0.15, -0.1) is 0 Å².